The first-order valence-corrected chi connectivity index (χ1v) is 62.6. The predicted molar refractivity (Wildman–Crippen MR) is 570 cm³/mol. The zero-order valence-corrected chi connectivity index (χ0v) is 93.2. The van der Waals surface area contributed by atoms with Gasteiger partial charge < -0.3 is 94.8 Å². The quantitative estimate of drug-likeness (QED) is 0.00470. The van der Waals surface area contributed by atoms with Crippen LogP contribution in [0, 0.1) is 0 Å². The van der Waals surface area contributed by atoms with Crippen molar-refractivity contribution in [3.8, 4) is 18.0 Å². The van der Waals surface area contributed by atoms with Gasteiger partial charge in [0.05, 0.1) is 41.0 Å². The molecule has 10 N–H and O–H groups in total. The van der Waals surface area contributed by atoms with Gasteiger partial charge in [-0.3, -0.25) is 14.4 Å². The number of carbonyl (C=O) groups is 3. The first kappa shape index (κ1) is 124. The van der Waals surface area contributed by atoms with Crippen LogP contribution < -0.4 is 77.1 Å². The van der Waals surface area contributed by atoms with E-state index >= 15 is 0 Å². The number of nitrogen functional groups attached to an aromatic ring is 4. The van der Waals surface area contributed by atoms with E-state index in [-0.39, 0.29) is 72.7 Å². The van der Waals surface area contributed by atoms with Crippen LogP contribution in [-0.4, -0.2) is 223 Å². The molecule has 747 valence electrons. The zero-order chi connectivity index (χ0) is 99.9. The number of fused-ring (bicyclic) bond motifs is 5. The predicted octanol–water partition coefficient (Wildman–Crippen LogP) is 16.3. The Morgan fingerprint density at radius 3 is 1.34 bits per heavy atom. The fourth-order valence-electron chi connectivity index (χ4n) is 12.2. The topological polar surface area (TPSA) is 439 Å². The van der Waals surface area contributed by atoms with E-state index in [0.29, 0.717) is 133 Å². The number of ether oxygens (including phenoxy) is 7. The van der Waals surface area contributed by atoms with Crippen LogP contribution in [0.1, 0.15) is 146 Å². The molecule has 0 spiro atoms. The maximum Gasteiger partial charge on any atom is 1.00 e. The van der Waals surface area contributed by atoms with Crippen molar-refractivity contribution in [2.24, 2.45) is 4.30 Å². The number of nitrogens with one attached hydrogen (secondary N) is 1. The summed E-state index contributed by atoms with van der Waals surface area (Å²) in [4.78, 5) is 76.1. The summed E-state index contributed by atoms with van der Waals surface area (Å²) in [5.74, 6) is 1.49. The number of aliphatic hydroxyl groups is 1. The Labute approximate surface area is 865 Å². The minimum Gasteiger partial charge on any atom is 1.00 e. The Morgan fingerprint density at radius 1 is 0.533 bits per heavy atom. The summed E-state index contributed by atoms with van der Waals surface area (Å²) in [6.07, 6.45) is 21.2. The molecule has 10 heterocycles. The molecule has 9 aromatic heterocycles. The smallest absolute Gasteiger partial charge is 1.00 e. The van der Waals surface area contributed by atoms with Crippen molar-refractivity contribution >= 4 is 196 Å². The Bertz CT molecular complexity index is 5450. The van der Waals surface area contributed by atoms with Crippen molar-refractivity contribution in [3.05, 3.63) is 151 Å². The number of anilines is 4. The number of allylic oxidation sites excluding steroid dienone is 1. The molecule has 44 heteroatoms. The first-order chi connectivity index (χ1) is 64.2. The zero-order valence-electron chi connectivity index (χ0n) is 82.5. The number of unbranched alkanes of at least 4 members (excludes halogenated alkanes) is 4. The second-order valence-electron chi connectivity index (χ2n) is 36.6. The van der Waals surface area contributed by atoms with Gasteiger partial charge in [0.2, 0.25) is 10.6 Å². The first-order valence-electron chi connectivity index (χ1n) is 45.4. The molecule has 1 fully saturated rings. The van der Waals surface area contributed by atoms with E-state index < -0.39 is 38.4 Å². The van der Waals surface area contributed by atoms with E-state index in [1.165, 1.54) is 13.1 Å². The van der Waals surface area contributed by atoms with Crippen molar-refractivity contribution in [1.82, 2.24) is 78.3 Å². The van der Waals surface area contributed by atoms with Crippen LogP contribution in [0.15, 0.2) is 100 Å². The molecule has 33 nitrogen and oxygen atoms in total. The third-order valence-corrected chi connectivity index (χ3v) is 28.0. The summed E-state index contributed by atoms with van der Waals surface area (Å²) in [6, 6.07) is 22.5. The van der Waals surface area contributed by atoms with Crippen LogP contribution in [0.5, 0.6) is 18.0 Å². The second kappa shape index (κ2) is 64.8. The summed E-state index contributed by atoms with van der Waals surface area (Å²) in [7, 11) is 2.06. The number of piperazine rings is 1. The number of thiol groups is 1. The minimum absolute atomic E-state index is 0. The fourth-order valence-corrected chi connectivity index (χ4v) is 16.4. The molecule has 137 heavy (non-hydrogen) atoms. The van der Waals surface area contributed by atoms with Crippen LogP contribution in [0.3, 0.4) is 0 Å². The van der Waals surface area contributed by atoms with Crippen LogP contribution in [0.2, 0.25) is 118 Å². The number of nitrogens with two attached hydrogens (primary N) is 4. The minimum atomic E-state index is -1.22. The molecular formula is C93H144BBrCl3N21NaO12SSi4. The number of aromatic nitrogens is 14. The number of rotatable bonds is 39. The third-order valence-electron chi connectivity index (χ3n) is 20.0. The van der Waals surface area contributed by atoms with E-state index in [1.807, 2.05) is 68.1 Å². The maximum atomic E-state index is 11.2. The van der Waals surface area contributed by atoms with Gasteiger partial charge in [-0.2, -0.15) is 34.9 Å². The molecule has 1 saturated heterocycles. The van der Waals surface area contributed by atoms with Crippen molar-refractivity contribution < 1.29 is 87.3 Å². The summed E-state index contributed by atoms with van der Waals surface area (Å²) < 4.78 is 51.2. The van der Waals surface area contributed by atoms with Gasteiger partial charge in [0.25, 0.3) is 0 Å². The van der Waals surface area contributed by atoms with Crippen molar-refractivity contribution in [3.63, 3.8) is 0 Å². The van der Waals surface area contributed by atoms with Gasteiger partial charge >= 0.3 is 72.3 Å². The number of hydrogen-bond donors (Lipinski definition) is 7. The number of hydrogen-bond acceptors (Lipinski definition) is 30. The number of benzene rings is 2. The van der Waals surface area contributed by atoms with Crippen LogP contribution in [0.25, 0.3) is 50.2 Å². The molecule has 2 aliphatic rings. The molecule has 2 aromatic carbocycles. The van der Waals surface area contributed by atoms with Crippen molar-refractivity contribution in [1.29, 1.82) is 0 Å². The molecule has 1 unspecified atom stereocenters. The molecule has 0 saturated carbocycles. The number of aliphatic hydroxyl groups excluding tert-OH is 1. The average molecular weight is 2110 g/mol. The molecule has 1 atom stereocenters. The Kier molecular flexibility index (Phi) is 58.5. The molecule has 1 aliphatic heterocycles. The van der Waals surface area contributed by atoms with Crippen LogP contribution >= 0.6 is 63.5 Å². The number of aldehydes is 3. The van der Waals surface area contributed by atoms with Gasteiger partial charge in [0.15, 0.2) is 23.3 Å². The molecule has 0 bridgehead atoms. The fraction of sp³-hybridized carbons (Fsp3) is 0.516. The maximum absolute atomic E-state index is 11.2. The summed E-state index contributed by atoms with van der Waals surface area (Å²) in [5.41, 5.74) is 34.6. The SMILES string of the molecule is C.CCCCOc1nc(N)c2c(ccn2COCC[Si](C)(C)C)n1.CCCCOc1nc(N)c2c(n1)c(Br)cn2COCC[Si](C)(C)C.CCCCOc1nc(N)c2c(n1)c(C(O)c1cccc(C=O)c1)cn2COCC[Si](C)(C)C.CCCC[O-].CN1CCNCC1.C[Si](C)(C)CCOCn1ccc2nc(Cl)nc(N)c21.Clc1nc(Cl)c2c(n1)C=CC2.O=Cc1cccc(C=O)c1.[B]=NS.[Na+]. The number of likely N-dealkylation sites (N-methyl/N-ethyl adjacent to an activating group) is 1. The normalized spacial score (nSPS) is 12.3. The van der Waals surface area contributed by atoms with Gasteiger partial charge in [-0.15, -0.1) is 6.61 Å². The molecule has 0 amide bonds. The van der Waals surface area contributed by atoms with Gasteiger partial charge in [-0.05, 0) is 132 Å². The molecule has 1 radical (unpaired) electrons. The van der Waals surface area contributed by atoms with Crippen molar-refractivity contribution in [2.45, 2.75) is 229 Å². The van der Waals surface area contributed by atoms with Gasteiger partial charge in [0.1, 0.15) is 90.1 Å². The third kappa shape index (κ3) is 45.9. The van der Waals surface area contributed by atoms with Gasteiger partial charge in [-0.25, -0.2) is 15.0 Å². The monoisotopic (exact) mass is 2110 g/mol. The number of halogens is 4. The number of carbonyl (C=O) groups excluding carboxylic acids is 3. The molecular weight excluding hydrogens is 1970 g/mol. The second-order valence-corrected chi connectivity index (χ2v) is 61.2. The standard InChI is InChI=1S/C24H34N4O4Si.C16H27BrN4O2Si.C16H28N4O2Si.C12H19ClN4OSi.C8H6O2.C7H4Cl2N2.C5H12N2.C4H9O.CH4.BHNS.Na/c1-5-6-10-32-24-26-20-19(22(30)18-9-7-8-17(13-18)15-29)14-28(21(20)23(25)27-24)16-31-11-12-33(2,3)4;1-5-6-7-23-16-19-13-12(17)10-21(14(13)15(18)20-16)11-22-8-9-24(2,3)4;1-5-6-9-22-16-18-13-7-8-20(14(13)15(17)19-16)12-21-10-11-23(2,3)4;1-19(2,3)7-6-18-8-17-5-4-9-10(17)11(14)16-12(13)15-9;9-5-7-2-1-3-8(4-7)6-10;8-6-4-2-1-3-5(4)10-7(9)11-6;1-7-4-2-6-3-5-7;1-2-3-4-5;;1-2-3;/h7-9,13-15,22,30H,5-6,10-12,16H2,1-4H3,(H2,25,26,27);10H,5-9,11H2,1-4H3,(H2,18,19,20);7-8H,5-6,9-12H2,1-4H3,(H2,17,18,19);4-5H,6-8H2,1-3H3,(H2,14,15,16);1-6H;1,3H,2H2;6H,2-5H2,1H3;2-4H2,1H3;1H4;3H;/q;;;;;;;-1;;;+1. The van der Waals surface area contributed by atoms with Crippen LogP contribution in [-0.2, 0) is 52.3 Å². The molecule has 13 rings (SSSR count). The van der Waals surface area contributed by atoms with E-state index in [4.69, 9.17) is 90.9 Å². The van der Waals surface area contributed by atoms with E-state index in [2.05, 4.69) is 207 Å². The summed E-state index contributed by atoms with van der Waals surface area (Å²) in [5, 5.41) is 24.8. The molecule has 11 aromatic rings. The van der Waals surface area contributed by atoms with Gasteiger partial charge in [-0.1, -0.05) is 200 Å². The van der Waals surface area contributed by atoms with Crippen LogP contribution in [0.4, 0.5) is 23.3 Å². The van der Waals surface area contributed by atoms with Gasteiger partial charge in [0, 0.05) is 138 Å². The van der Waals surface area contributed by atoms with E-state index in [0.717, 1.165) is 170 Å². The Balaban J connectivity index is 0.000000421. The Morgan fingerprint density at radius 2 is 0.920 bits per heavy atom. The van der Waals surface area contributed by atoms with E-state index in [1.54, 1.807) is 54.7 Å². The molecule has 1 aliphatic carbocycles. The average Bonchev–Trinajstić information content (AvgIpc) is 1.61. The van der Waals surface area contributed by atoms with E-state index in [9.17, 15) is 24.6 Å². The largest absolute Gasteiger partial charge is 1.00 e. The summed E-state index contributed by atoms with van der Waals surface area (Å²) >= 11 is 23.9. The Hall–Kier alpha value is -7.54. The number of nitrogens with zero attached hydrogens (tertiary/aromatic N) is 16. The summed E-state index contributed by atoms with van der Waals surface area (Å²) in [6.45, 7) is 47.4. The van der Waals surface area contributed by atoms with Crippen molar-refractivity contribution in [2.75, 3.05) is 109 Å².